The van der Waals surface area contributed by atoms with E-state index in [1.165, 1.54) is 186 Å². The molecular formula is C59H112NO8P. The Balaban J connectivity index is 4.17. The predicted octanol–water partition coefficient (Wildman–Crippen LogP) is 17.4. The minimum absolute atomic E-state index is 0.0312. The number of allylic oxidation sites excluding steroid dienone is 6. The lowest BCUT2D eigenvalue weighted by molar-refractivity contribution is -0.870. The van der Waals surface area contributed by atoms with Crippen LogP contribution in [-0.4, -0.2) is 70.0 Å². The van der Waals surface area contributed by atoms with Crippen LogP contribution in [0.3, 0.4) is 0 Å². The maximum Gasteiger partial charge on any atom is 0.306 e. The van der Waals surface area contributed by atoms with Crippen LogP contribution in [0.5, 0.6) is 0 Å². The highest BCUT2D eigenvalue weighted by Gasteiger charge is 2.22. The molecular weight excluding hydrogens is 882 g/mol. The second kappa shape index (κ2) is 51.1. The van der Waals surface area contributed by atoms with Crippen molar-refractivity contribution in [3.8, 4) is 0 Å². The quantitative estimate of drug-likeness (QED) is 0.0195. The molecule has 406 valence electrons. The molecule has 69 heavy (non-hydrogen) atoms. The van der Waals surface area contributed by atoms with Gasteiger partial charge in [0.15, 0.2) is 6.10 Å². The van der Waals surface area contributed by atoms with Crippen molar-refractivity contribution in [3.63, 3.8) is 0 Å². The summed E-state index contributed by atoms with van der Waals surface area (Å²) in [5.41, 5.74) is 0. The molecule has 9 nitrogen and oxygen atoms in total. The Labute approximate surface area is 427 Å². The number of hydrogen-bond donors (Lipinski definition) is 0. The van der Waals surface area contributed by atoms with Crippen LogP contribution in [-0.2, 0) is 32.7 Å². The summed E-state index contributed by atoms with van der Waals surface area (Å²) >= 11 is 0. The number of phosphoric acid groups is 1. The first-order valence-electron chi connectivity index (χ1n) is 29.2. The summed E-state index contributed by atoms with van der Waals surface area (Å²) in [6, 6.07) is 0. The molecule has 0 heterocycles. The van der Waals surface area contributed by atoms with E-state index in [-0.39, 0.29) is 32.0 Å². The fraction of sp³-hybridized carbons (Fsp3) is 0.864. The molecule has 2 atom stereocenters. The highest BCUT2D eigenvalue weighted by molar-refractivity contribution is 7.45. The van der Waals surface area contributed by atoms with Crippen LogP contribution in [0.15, 0.2) is 36.5 Å². The first kappa shape index (κ1) is 67.2. The highest BCUT2D eigenvalue weighted by Crippen LogP contribution is 2.38. The third-order valence-electron chi connectivity index (χ3n) is 12.9. The molecule has 0 aliphatic rings. The van der Waals surface area contributed by atoms with Crippen molar-refractivity contribution in [2.24, 2.45) is 0 Å². The van der Waals surface area contributed by atoms with Crippen LogP contribution in [0.2, 0.25) is 0 Å². The van der Waals surface area contributed by atoms with Gasteiger partial charge < -0.3 is 27.9 Å². The van der Waals surface area contributed by atoms with Gasteiger partial charge in [0.2, 0.25) is 0 Å². The van der Waals surface area contributed by atoms with Gasteiger partial charge in [0, 0.05) is 12.8 Å². The Morgan fingerprint density at radius 1 is 0.449 bits per heavy atom. The lowest BCUT2D eigenvalue weighted by Crippen LogP contribution is -2.37. The van der Waals surface area contributed by atoms with E-state index in [1.54, 1.807) is 0 Å². The number of ether oxygens (including phenoxy) is 2. The smallest absolute Gasteiger partial charge is 0.306 e. The maximum absolute atomic E-state index is 12.8. The topological polar surface area (TPSA) is 111 Å². The number of likely N-dealkylation sites (N-methyl/N-ethyl adjacent to an activating group) is 1. The first-order chi connectivity index (χ1) is 33.5. The molecule has 0 saturated carbocycles. The number of rotatable bonds is 54. The van der Waals surface area contributed by atoms with Crippen molar-refractivity contribution >= 4 is 19.8 Å². The van der Waals surface area contributed by atoms with Gasteiger partial charge in [-0.1, -0.05) is 249 Å². The zero-order valence-electron chi connectivity index (χ0n) is 46.0. The van der Waals surface area contributed by atoms with Gasteiger partial charge in [0.05, 0.1) is 27.7 Å². The minimum Gasteiger partial charge on any atom is -0.756 e. The predicted molar refractivity (Wildman–Crippen MR) is 291 cm³/mol. The number of unbranched alkanes of at least 4 members (excludes halogenated alkanes) is 34. The second-order valence-electron chi connectivity index (χ2n) is 21.0. The lowest BCUT2D eigenvalue weighted by Gasteiger charge is -2.28. The summed E-state index contributed by atoms with van der Waals surface area (Å²) < 4.78 is 34.2. The van der Waals surface area contributed by atoms with Crippen LogP contribution in [0.25, 0.3) is 0 Å². The van der Waals surface area contributed by atoms with Gasteiger partial charge in [-0.25, -0.2) is 0 Å². The standard InChI is InChI=1S/C59H112NO8P/c1-6-8-10-12-14-16-18-20-22-24-26-28-30-32-34-36-38-40-42-44-46-48-50-52-59(62)68-57(56-67-69(63,64)66-54-53-60(3,4)5)55-65-58(61)51-49-47-45-43-41-39-37-35-33-31-29-27-25-23-21-19-17-15-13-11-9-7-2/h18,20,24,26,30,32,57H,6-17,19,21-23,25,27-29,31,33-56H2,1-5H3/b20-18-,26-24-,32-30-. The summed E-state index contributed by atoms with van der Waals surface area (Å²) in [6.45, 7) is 4.26. The maximum atomic E-state index is 12.8. The number of carbonyl (C=O) groups excluding carboxylic acids is 2. The van der Waals surface area contributed by atoms with Crippen molar-refractivity contribution in [2.75, 3.05) is 47.5 Å². The van der Waals surface area contributed by atoms with Gasteiger partial charge in [-0.05, 0) is 51.4 Å². The van der Waals surface area contributed by atoms with Crippen LogP contribution in [0.4, 0.5) is 0 Å². The van der Waals surface area contributed by atoms with Gasteiger partial charge in [-0.2, -0.15) is 0 Å². The Kier molecular flexibility index (Phi) is 49.8. The van der Waals surface area contributed by atoms with Crippen LogP contribution in [0, 0.1) is 0 Å². The van der Waals surface area contributed by atoms with Crippen LogP contribution < -0.4 is 4.89 Å². The van der Waals surface area contributed by atoms with Gasteiger partial charge in [-0.3, -0.25) is 14.2 Å². The summed E-state index contributed by atoms with van der Waals surface area (Å²) in [5.74, 6) is -0.828. The van der Waals surface area contributed by atoms with Crippen molar-refractivity contribution in [1.29, 1.82) is 0 Å². The molecule has 0 aromatic heterocycles. The first-order valence-corrected chi connectivity index (χ1v) is 30.7. The molecule has 2 unspecified atom stereocenters. The van der Waals surface area contributed by atoms with Crippen molar-refractivity contribution in [2.45, 2.75) is 283 Å². The van der Waals surface area contributed by atoms with Gasteiger partial charge >= 0.3 is 11.9 Å². The average molecular weight is 995 g/mol. The third-order valence-corrected chi connectivity index (χ3v) is 13.9. The van der Waals surface area contributed by atoms with Gasteiger partial charge in [-0.15, -0.1) is 0 Å². The largest absolute Gasteiger partial charge is 0.756 e. The molecule has 0 fully saturated rings. The Hall–Kier alpha value is -1.77. The number of esters is 2. The van der Waals surface area contributed by atoms with Gasteiger partial charge in [0.25, 0.3) is 7.82 Å². The Morgan fingerprint density at radius 2 is 0.783 bits per heavy atom. The van der Waals surface area contributed by atoms with Crippen molar-refractivity contribution in [1.82, 2.24) is 0 Å². The highest BCUT2D eigenvalue weighted by atomic mass is 31.2. The molecule has 0 aliphatic heterocycles. The minimum atomic E-state index is -4.64. The zero-order valence-corrected chi connectivity index (χ0v) is 46.9. The van der Waals surface area contributed by atoms with Crippen LogP contribution >= 0.6 is 7.82 Å². The lowest BCUT2D eigenvalue weighted by atomic mass is 10.0. The second-order valence-corrected chi connectivity index (χ2v) is 22.4. The molecule has 0 amide bonds. The number of phosphoric ester groups is 1. The molecule has 0 spiro atoms. The fourth-order valence-electron chi connectivity index (χ4n) is 8.37. The summed E-state index contributed by atoms with van der Waals surface area (Å²) in [4.78, 5) is 37.9. The molecule has 10 heteroatoms. The Bertz CT molecular complexity index is 1260. The van der Waals surface area contributed by atoms with E-state index in [9.17, 15) is 19.0 Å². The van der Waals surface area contributed by atoms with Crippen molar-refractivity contribution < 1.29 is 42.1 Å². The molecule has 0 bridgehead atoms. The number of nitrogens with zero attached hydrogens (tertiary/aromatic N) is 1. The van der Waals surface area contributed by atoms with E-state index in [1.807, 2.05) is 21.1 Å². The molecule has 0 N–H and O–H groups in total. The fourth-order valence-corrected chi connectivity index (χ4v) is 9.10. The average Bonchev–Trinajstić information content (AvgIpc) is 3.31. The summed E-state index contributed by atoms with van der Waals surface area (Å²) in [7, 11) is 1.17. The normalized spacial score (nSPS) is 13.5. The molecule has 0 aromatic carbocycles. The zero-order chi connectivity index (χ0) is 50.6. The molecule has 0 rings (SSSR count). The van der Waals surface area contributed by atoms with Crippen LogP contribution in [0.1, 0.15) is 277 Å². The van der Waals surface area contributed by atoms with E-state index in [2.05, 4.69) is 50.3 Å². The molecule has 0 aromatic rings. The van der Waals surface area contributed by atoms with E-state index < -0.39 is 26.5 Å². The van der Waals surface area contributed by atoms with E-state index in [0.29, 0.717) is 17.4 Å². The molecule has 0 radical (unpaired) electrons. The third kappa shape index (κ3) is 55.4. The number of quaternary nitrogens is 1. The van der Waals surface area contributed by atoms with E-state index in [0.717, 1.165) is 57.8 Å². The summed E-state index contributed by atoms with van der Waals surface area (Å²) in [5, 5.41) is 0. The Morgan fingerprint density at radius 3 is 1.16 bits per heavy atom. The molecule has 0 saturated heterocycles. The molecule has 0 aliphatic carbocycles. The monoisotopic (exact) mass is 994 g/mol. The van der Waals surface area contributed by atoms with Gasteiger partial charge in [0.1, 0.15) is 19.8 Å². The number of hydrogen-bond acceptors (Lipinski definition) is 8. The van der Waals surface area contributed by atoms with E-state index >= 15 is 0 Å². The van der Waals surface area contributed by atoms with Crippen molar-refractivity contribution in [3.05, 3.63) is 36.5 Å². The SMILES string of the molecule is CCCCCCC/C=C\C/C=C\C/C=C\CCCCCCCCCCC(=O)OC(COC(=O)CCCCCCCCCCCCCCCCCCCCCCCC)COP(=O)([O-])OCC[N+](C)(C)C. The number of carbonyl (C=O) groups is 2. The van der Waals surface area contributed by atoms with E-state index in [4.69, 9.17) is 18.5 Å². The summed E-state index contributed by atoms with van der Waals surface area (Å²) in [6.07, 6.45) is 61.8.